The van der Waals surface area contributed by atoms with Crippen LogP contribution in [0.2, 0.25) is 0 Å². The minimum Gasteiger partial charge on any atom is -0.343 e. The number of hydrogen-bond donors (Lipinski definition) is 1. The summed E-state index contributed by atoms with van der Waals surface area (Å²) in [7, 11) is -2.97. The number of amides is 2. The molecule has 1 heterocycles. The molecule has 9 heteroatoms. The van der Waals surface area contributed by atoms with Crippen LogP contribution in [0.5, 0.6) is 0 Å². The van der Waals surface area contributed by atoms with Crippen LogP contribution in [0.15, 0.2) is 28.7 Å². The van der Waals surface area contributed by atoms with E-state index in [1.54, 1.807) is 23.1 Å². The van der Waals surface area contributed by atoms with E-state index >= 15 is 0 Å². The molecule has 0 unspecified atom stereocenters. The van der Waals surface area contributed by atoms with E-state index < -0.39 is 9.84 Å². The van der Waals surface area contributed by atoms with Crippen LogP contribution in [0.25, 0.3) is 0 Å². The van der Waals surface area contributed by atoms with Gasteiger partial charge in [-0.2, -0.15) is 0 Å². The van der Waals surface area contributed by atoms with Crippen molar-refractivity contribution in [2.24, 2.45) is 0 Å². The van der Waals surface area contributed by atoms with Crippen molar-refractivity contribution in [1.29, 1.82) is 0 Å². The van der Waals surface area contributed by atoms with Crippen molar-refractivity contribution in [3.63, 3.8) is 0 Å². The molecule has 1 aliphatic rings. The lowest BCUT2D eigenvalue weighted by Gasteiger charge is -2.34. The summed E-state index contributed by atoms with van der Waals surface area (Å²) in [4.78, 5) is 28.0. The first-order valence-electron chi connectivity index (χ1n) is 7.96. The van der Waals surface area contributed by atoms with Crippen LogP contribution >= 0.6 is 15.9 Å². The Hall–Kier alpha value is -1.45. The van der Waals surface area contributed by atoms with Gasteiger partial charge in [0.1, 0.15) is 9.84 Å². The van der Waals surface area contributed by atoms with Crippen molar-refractivity contribution in [3.05, 3.63) is 34.3 Å². The van der Waals surface area contributed by atoms with Gasteiger partial charge in [0.2, 0.25) is 5.91 Å². The topological polar surface area (TPSA) is 86.8 Å². The van der Waals surface area contributed by atoms with Crippen molar-refractivity contribution in [3.8, 4) is 0 Å². The Balaban J connectivity index is 1.74. The average Bonchev–Trinajstić information content (AvgIpc) is 2.57. The van der Waals surface area contributed by atoms with Gasteiger partial charge in [-0.15, -0.1) is 0 Å². The van der Waals surface area contributed by atoms with Crippen LogP contribution in [-0.2, 0) is 14.6 Å². The number of sulfone groups is 1. The van der Waals surface area contributed by atoms with Crippen LogP contribution < -0.4 is 5.32 Å². The maximum Gasteiger partial charge on any atom is 0.251 e. The Kier molecular flexibility index (Phi) is 6.97. The Labute approximate surface area is 156 Å². The summed E-state index contributed by atoms with van der Waals surface area (Å²) in [6.45, 7) is 2.79. The van der Waals surface area contributed by atoms with Crippen molar-refractivity contribution in [2.45, 2.75) is 0 Å². The molecule has 0 atom stereocenters. The smallest absolute Gasteiger partial charge is 0.251 e. The number of hydrogen-bond acceptors (Lipinski definition) is 5. The number of nitrogens with zero attached hydrogens (tertiary/aromatic N) is 2. The highest BCUT2D eigenvalue weighted by Gasteiger charge is 2.22. The first-order chi connectivity index (χ1) is 11.7. The number of piperazine rings is 1. The van der Waals surface area contributed by atoms with Gasteiger partial charge in [-0.05, 0) is 18.2 Å². The van der Waals surface area contributed by atoms with Gasteiger partial charge in [0.05, 0.1) is 12.3 Å². The minimum atomic E-state index is -2.97. The molecule has 2 rings (SSSR count). The van der Waals surface area contributed by atoms with Crippen molar-refractivity contribution in [1.82, 2.24) is 15.1 Å². The molecule has 0 aromatic heterocycles. The number of rotatable bonds is 6. The summed E-state index contributed by atoms with van der Waals surface area (Å²) in [5.74, 6) is -0.295. The van der Waals surface area contributed by atoms with Gasteiger partial charge < -0.3 is 10.2 Å². The molecule has 1 N–H and O–H groups in total. The first kappa shape index (κ1) is 19.9. The van der Waals surface area contributed by atoms with Gasteiger partial charge in [0, 0.05) is 49.0 Å². The van der Waals surface area contributed by atoms with E-state index in [2.05, 4.69) is 21.2 Å². The molecule has 7 nitrogen and oxygen atoms in total. The van der Waals surface area contributed by atoms with Gasteiger partial charge in [-0.25, -0.2) is 8.42 Å². The molecule has 1 fully saturated rings. The van der Waals surface area contributed by atoms with E-state index in [0.29, 0.717) is 38.3 Å². The third-order valence-electron chi connectivity index (χ3n) is 3.99. The highest BCUT2D eigenvalue weighted by Crippen LogP contribution is 2.11. The maximum atomic E-state index is 12.2. The van der Waals surface area contributed by atoms with Crippen molar-refractivity contribution >= 4 is 37.6 Å². The first-order valence-corrected chi connectivity index (χ1v) is 10.8. The molecule has 1 aliphatic heterocycles. The van der Waals surface area contributed by atoms with Gasteiger partial charge in [-0.3, -0.25) is 14.5 Å². The van der Waals surface area contributed by atoms with Gasteiger partial charge in [0.25, 0.3) is 5.91 Å². The Morgan fingerprint density at radius 2 is 1.88 bits per heavy atom. The third-order valence-corrected chi connectivity index (χ3v) is 5.41. The highest BCUT2D eigenvalue weighted by molar-refractivity contribution is 9.10. The molecule has 1 aromatic carbocycles. The Morgan fingerprint density at radius 3 is 2.48 bits per heavy atom. The Morgan fingerprint density at radius 1 is 1.20 bits per heavy atom. The number of carbonyl (C=O) groups excluding carboxylic acids is 2. The zero-order valence-electron chi connectivity index (χ0n) is 14.1. The fourth-order valence-electron chi connectivity index (χ4n) is 2.52. The second-order valence-electron chi connectivity index (χ2n) is 6.05. The maximum absolute atomic E-state index is 12.2. The molecule has 0 saturated carbocycles. The van der Waals surface area contributed by atoms with Crippen LogP contribution in [0.1, 0.15) is 10.4 Å². The molecule has 25 heavy (non-hydrogen) atoms. The summed E-state index contributed by atoms with van der Waals surface area (Å²) in [5, 5.41) is 2.64. The zero-order chi connectivity index (χ0) is 18.4. The van der Waals surface area contributed by atoms with Gasteiger partial charge >= 0.3 is 0 Å². The lowest BCUT2D eigenvalue weighted by molar-refractivity contribution is -0.131. The average molecular weight is 432 g/mol. The molecule has 0 radical (unpaired) electrons. The molecular weight excluding hydrogens is 410 g/mol. The number of halogens is 1. The number of carbonyl (C=O) groups is 2. The molecule has 0 aliphatic carbocycles. The molecule has 0 spiro atoms. The van der Waals surface area contributed by atoms with Crippen molar-refractivity contribution in [2.75, 3.05) is 51.3 Å². The molecule has 1 saturated heterocycles. The fraction of sp³-hybridized carbons (Fsp3) is 0.500. The van der Waals surface area contributed by atoms with E-state index in [1.165, 1.54) is 6.26 Å². The standard InChI is InChI=1S/C16H22BrN3O4S/c1-25(23,24)10-9-19-5-7-20(8-6-19)15(21)12-18-16(22)13-3-2-4-14(17)11-13/h2-4,11H,5-10,12H2,1H3,(H,18,22). The predicted molar refractivity (Wildman–Crippen MR) is 99.2 cm³/mol. The number of benzene rings is 1. The molecule has 1 aromatic rings. The molecular formula is C16H22BrN3O4S. The molecule has 2 amide bonds. The lowest BCUT2D eigenvalue weighted by atomic mass is 10.2. The number of nitrogens with one attached hydrogen (secondary N) is 1. The fourth-order valence-corrected chi connectivity index (χ4v) is 3.50. The quantitative estimate of drug-likeness (QED) is 0.702. The van der Waals surface area contributed by atoms with Crippen LogP contribution in [0.4, 0.5) is 0 Å². The van der Waals surface area contributed by atoms with E-state index in [4.69, 9.17) is 0 Å². The Bertz CT molecular complexity index is 731. The summed E-state index contributed by atoms with van der Waals surface area (Å²) >= 11 is 3.31. The minimum absolute atomic E-state index is 0.0469. The summed E-state index contributed by atoms with van der Waals surface area (Å²) in [6, 6.07) is 6.97. The second-order valence-corrected chi connectivity index (χ2v) is 9.22. The summed E-state index contributed by atoms with van der Waals surface area (Å²) < 4.78 is 23.2. The van der Waals surface area contributed by atoms with Gasteiger partial charge in [-0.1, -0.05) is 22.0 Å². The van der Waals surface area contributed by atoms with E-state index in [9.17, 15) is 18.0 Å². The van der Waals surface area contributed by atoms with Gasteiger partial charge in [0.15, 0.2) is 0 Å². The van der Waals surface area contributed by atoms with E-state index in [1.807, 2.05) is 11.0 Å². The largest absolute Gasteiger partial charge is 0.343 e. The SMILES string of the molecule is CS(=O)(=O)CCN1CCN(C(=O)CNC(=O)c2cccc(Br)c2)CC1. The zero-order valence-corrected chi connectivity index (χ0v) is 16.5. The van der Waals surface area contributed by atoms with Crippen LogP contribution in [-0.4, -0.2) is 81.3 Å². The molecule has 138 valence electrons. The summed E-state index contributed by atoms with van der Waals surface area (Å²) in [6.07, 6.45) is 1.22. The molecule has 0 bridgehead atoms. The van der Waals surface area contributed by atoms with Crippen LogP contribution in [0.3, 0.4) is 0 Å². The highest BCUT2D eigenvalue weighted by atomic mass is 79.9. The second kappa shape index (κ2) is 8.77. The normalized spacial score (nSPS) is 15.8. The predicted octanol–water partition coefficient (Wildman–Crippen LogP) is 0.368. The van der Waals surface area contributed by atoms with E-state index in [0.717, 1.165) is 4.47 Å². The van der Waals surface area contributed by atoms with Crippen molar-refractivity contribution < 1.29 is 18.0 Å². The lowest BCUT2D eigenvalue weighted by Crippen LogP contribution is -2.51. The monoisotopic (exact) mass is 431 g/mol. The summed E-state index contributed by atoms with van der Waals surface area (Å²) in [5.41, 5.74) is 0.493. The van der Waals surface area contributed by atoms with Crippen LogP contribution in [0, 0.1) is 0 Å². The van der Waals surface area contributed by atoms with E-state index in [-0.39, 0.29) is 24.1 Å². The third kappa shape index (κ3) is 6.75.